The highest BCUT2D eigenvalue weighted by molar-refractivity contribution is 9.10. The summed E-state index contributed by atoms with van der Waals surface area (Å²) in [5, 5.41) is 2.87. The van der Waals surface area contributed by atoms with Gasteiger partial charge in [0.2, 0.25) is 11.8 Å². The van der Waals surface area contributed by atoms with Crippen molar-refractivity contribution in [2.75, 3.05) is 13.1 Å². The first-order valence-corrected chi connectivity index (χ1v) is 7.74. The number of benzene rings is 1. The van der Waals surface area contributed by atoms with Crippen molar-refractivity contribution in [1.29, 1.82) is 0 Å². The van der Waals surface area contributed by atoms with E-state index in [9.17, 15) is 9.59 Å². The van der Waals surface area contributed by atoms with E-state index >= 15 is 0 Å². The molecule has 4 nitrogen and oxygen atoms in total. The summed E-state index contributed by atoms with van der Waals surface area (Å²) in [5.41, 5.74) is 1.03. The van der Waals surface area contributed by atoms with Gasteiger partial charge in [0.25, 0.3) is 0 Å². The molecule has 0 aliphatic carbocycles. The fourth-order valence-corrected chi connectivity index (χ4v) is 2.70. The first kappa shape index (κ1) is 15.0. The van der Waals surface area contributed by atoms with Gasteiger partial charge in [-0.2, -0.15) is 0 Å². The molecule has 1 saturated heterocycles. The minimum absolute atomic E-state index is 0.0959. The van der Waals surface area contributed by atoms with Crippen molar-refractivity contribution >= 4 is 27.7 Å². The number of nitrogens with one attached hydrogen (secondary N) is 1. The number of carbonyl (C=O) groups is 2. The molecule has 1 N–H and O–H groups in total. The normalized spacial score (nSPS) is 15.8. The van der Waals surface area contributed by atoms with Crippen LogP contribution in [0, 0.1) is 0 Å². The zero-order valence-electron chi connectivity index (χ0n) is 11.4. The highest BCUT2D eigenvalue weighted by Gasteiger charge is 2.18. The van der Waals surface area contributed by atoms with E-state index in [1.807, 2.05) is 24.3 Å². The maximum atomic E-state index is 11.9. The summed E-state index contributed by atoms with van der Waals surface area (Å²) in [7, 11) is 0. The first-order chi connectivity index (χ1) is 9.66. The minimum atomic E-state index is -0.101. The van der Waals surface area contributed by atoms with E-state index in [-0.39, 0.29) is 18.4 Å². The molecule has 1 aliphatic rings. The molecular weight excluding hydrogens is 320 g/mol. The fraction of sp³-hybridized carbons (Fsp3) is 0.467. The number of hydrogen-bond acceptors (Lipinski definition) is 2. The predicted molar refractivity (Wildman–Crippen MR) is 81.0 cm³/mol. The third kappa shape index (κ3) is 4.34. The van der Waals surface area contributed by atoms with Crippen LogP contribution < -0.4 is 5.32 Å². The topological polar surface area (TPSA) is 49.4 Å². The molecule has 0 spiro atoms. The van der Waals surface area contributed by atoms with Crippen LogP contribution in [-0.4, -0.2) is 29.8 Å². The van der Waals surface area contributed by atoms with Crippen LogP contribution in [0.15, 0.2) is 28.7 Å². The third-order valence-corrected chi connectivity index (χ3v) is 4.21. The molecule has 0 aromatic heterocycles. The quantitative estimate of drug-likeness (QED) is 0.916. The Morgan fingerprint density at radius 2 is 2.05 bits per heavy atom. The highest BCUT2D eigenvalue weighted by Crippen LogP contribution is 2.15. The number of rotatable bonds is 4. The molecule has 1 fully saturated rings. The molecule has 2 amide bonds. The van der Waals surface area contributed by atoms with Crippen molar-refractivity contribution in [2.24, 2.45) is 0 Å². The number of nitrogens with zero attached hydrogens (tertiary/aromatic N) is 1. The molecule has 0 atom stereocenters. The zero-order chi connectivity index (χ0) is 14.4. The van der Waals surface area contributed by atoms with Crippen molar-refractivity contribution in [3.05, 3.63) is 34.3 Å². The largest absolute Gasteiger partial charge is 0.350 e. The molecule has 0 radical (unpaired) electrons. The van der Waals surface area contributed by atoms with E-state index in [0.29, 0.717) is 19.5 Å². The van der Waals surface area contributed by atoms with Crippen molar-refractivity contribution in [1.82, 2.24) is 10.2 Å². The van der Waals surface area contributed by atoms with E-state index in [1.54, 1.807) is 4.90 Å². The first-order valence-electron chi connectivity index (χ1n) is 6.94. The number of amides is 2. The SMILES string of the molecule is O=C(CN1CCCCCC1=O)NCc1ccccc1Br. The van der Waals surface area contributed by atoms with Crippen molar-refractivity contribution in [3.63, 3.8) is 0 Å². The van der Waals surface area contributed by atoms with Crippen LogP contribution in [0.4, 0.5) is 0 Å². The smallest absolute Gasteiger partial charge is 0.239 e. The molecule has 20 heavy (non-hydrogen) atoms. The van der Waals surface area contributed by atoms with Gasteiger partial charge in [0.15, 0.2) is 0 Å². The molecule has 0 saturated carbocycles. The lowest BCUT2D eigenvalue weighted by atomic mass is 10.2. The zero-order valence-corrected chi connectivity index (χ0v) is 13.0. The van der Waals surface area contributed by atoms with Crippen LogP contribution in [0.25, 0.3) is 0 Å². The summed E-state index contributed by atoms with van der Waals surface area (Å²) < 4.78 is 0.978. The van der Waals surface area contributed by atoms with Crippen molar-refractivity contribution < 1.29 is 9.59 Å². The molecule has 0 bridgehead atoms. The lowest BCUT2D eigenvalue weighted by molar-refractivity contribution is -0.135. The maximum Gasteiger partial charge on any atom is 0.239 e. The Kier molecular flexibility index (Phi) is 5.59. The van der Waals surface area contributed by atoms with E-state index in [1.165, 1.54) is 0 Å². The Bertz CT molecular complexity index is 491. The number of carbonyl (C=O) groups excluding carboxylic acids is 2. The van der Waals surface area contributed by atoms with Crippen molar-refractivity contribution in [2.45, 2.75) is 32.2 Å². The standard InChI is InChI=1S/C15H19BrN2O2/c16-13-7-4-3-6-12(13)10-17-14(19)11-18-9-5-1-2-8-15(18)20/h3-4,6-7H,1-2,5,8-11H2,(H,17,19). The summed E-state index contributed by atoms with van der Waals surface area (Å²) in [5.74, 6) is -0.00505. The highest BCUT2D eigenvalue weighted by atomic mass is 79.9. The number of hydrogen-bond donors (Lipinski definition) is 1. The lowest BCUT2D eigenvalue weighted by Gasteiger charge is -2.19. The second-order valence-corrected chi connectivity index (χ2v) is 5.85. The average molecular weight is 339 g/mol. The average Bonchev–Trinajstić information content (AvgIpc) is 2.63. The second-order valence-electron chi connectivity index (χ2n) is 4.99. The van der Waals surface area contributed by atoms with Crippen LogP contribution in [0.3, 0.4) is 0 Å². The van der Waals surface area contributed by atoms with Gasteiger partial charge >= 0.3 is 0 Å². The molecule has 108 valence electrons. The Hall–Kier alpha value is -1.36. The van der Waals surface area contributed by atoms with Gasteiger partial charge < -0.3 is 10.2 Å². The van der Waals surface area contributed by atoms with Gasteiger partial charge in [0, 0.05) is 24.0 Å². The monoisotopic (exact) mass is 338 g/mol. The van der Waals surface area contributed by atoms with Crippen molar-refractivity contribution in [3.8, 4) is 0 Å². The Morgan fingerprint density at radius 3 is 2.85 bits per heavy atom. The molecule has 2 rings (SSSR count). The number of halogens is 1. The summed E-state index contributed by atoms with van der Waals surface area (Å²) in [4.78, 5) is 25.4. The van der Waals surface area contributed by atoms with Gasteiger partial charge in [0.05, 0.1) is 6.54 Å². The summed E-state index contributed by atoms with van der Waals surface area (Å²) in [6, 6.07) is 7.77. The number of likely N-dealkylation sites (tertiary alicyclic amines) is 1. The van der Waals surface area contributed by atoms with E-state index < -0.39 is 0 Å². The molecule has 5 heteroatoms. The Balaban J connectivity index is 1.83. The van der Waals surface area contributed by atoms with Crippen LogP contribution >= 0.6 is 15.9 Å². The summed E-state index contributed by atoms with van der Waals surface area (Å²) in [6.07, 6.45) is 3.56. The van der Waals surface area contributed by atoms with E-state index in [4.69, 9.17) is 0 Å². The molecule has 1 heterocycles. The lowest BCUT2D eigenvalue weighted by Crippen LogP contribution is -2.40. The summed E-state index contributed by atoms with van der Waals surface area (Å²) >= 11 is 3.45. The van der Waals surface area contributed by atoms with Gasteiger partial charge in [0.1, 0.15) is 0 Å². The van der Waals surface area contributed by atoms with E-state index in [0.717, 1.165) is 29.3 Å². The summed E-state index contributed by atoms with van der Waals surface area (Å²) in [6.45, 7) is 1.34. The molecular formula is C15H19BrN2O2. The van der Waals surface area contributed by atoms with Gasteiger partial charge in [-0.05, 0) is 24.5 Å². The fourth-order valence-electron chi connectivity index (χ4n) is 2.27. The van der Waals surface area contributed by atoms with Crippen LogP contribution in [0.1, 0.15) is 31.2 Å². The van der Waals surface area contributed by atoms with Gasteiger partial charge in [-0.3, -0.25) is 9.59 Å². The Morgan fingerprint density at radius 1 is 1.25 bits per heavy atom. The van der Waals surface area contributed by atoms with Crippen LogP contribution in [-0.2, 0) is 16.1 Å². The second kappa shape index (κ2) is 7.43. The Labute approximate surface area is 127 Å². The molecule has 1 aliphatic heterocycles. The molecule has 1 aromatic rings. The van der Waals surface area contributed by atoms with E-state index in [2.05, 4.69) is 21.2 Å². The molecule has 0 unspecified atom stereocenters. The van der Waals surface area contributed by atoms with Crippen LogP contribution in [0.5, 0.6) is 0 Å². The minimum Gasteiger partial charge on any atom is -0.350 e. The maximum absolute atomic E-state index is 11.9. The van der Waals surface area contributed by atoms with Crippen LogP contribution in [0.2, 0.25) is 0 Å². The van der Waals surface area contributed by atoms with Gasteiger partial charge in [-0.25, -0.2) is 0 Å². The third-order valence-electron chi connectivity index (χ3n) is 3.44. The van der Waals surface area contributed by atoms with Gasteiger partial charge in [-0.1, -0.05) is 40.5 Å². The predicted octanol–water partition coefficient (Wildman–Crippen LogP) is 2.47. The van der Waals surface area contributed by atoms with Gasteiger partial charge in [-0.15, -0.1) is 0 Å². The molecule has 1 aromatic carbocycles.